The Morgan fingerprint density at radius 1 is 0.667 bits per heavy atom. The average Bonchev–Trinajstić information content (AvgIpc) is 2.59. The molecular weight excluding hydrogens is 331 g/mol. The second kappa shape index (κ2) is 21.7. The molecule has 3 N–H and O–H groups in total. The van der Waals surface area contributed by atoms with E-state index in [1.807, 2.05) is 0 Å². The molecule has 0 bridgehead atoms. The van der Waals surface area contributed by atoms with Gasteiger partial charge < -0.3 is 0 Å². The summed E-state index contributed by atoms with van der Waals surface area (Å²) in [5.41, 5.74) is 5.48. The number of hydrogen-bond acceptors (Lipinski definition) is 3. The Hall–Kier alpha value is 0.700. The van der Waals surface area contributed by atoms with Crippen LogP contribution >= 0.6 is 7.81 Å². The van der Waals surface area contributed by atoms with Crippen LogP contribution in [0, 0.1) is 0 Å². The van der Waals surface area contributed by atoms with Crippen molar-refractivity contribution in [1.82, 2.24) is 4.72 Å². The van der Waals surface area contributed by atoms with Gasteiger partial charge in [0.15, 0.2) is 0 Å². The molecule has 0 aliphatic rings. The van der Waals surface area contributed by atoms with Crippen LogP contribution in [-0.4, -0.2) is 18.8 Å². The van der Waals surface area contributed by atoms with Gasteiger partial charge in [0.1, 0.15) is 0 Å². The fourth-order valence-electron chi connectivity index (χ4n) is 3.04. The van der Waals surface area contributed by atoms with Crippen molar-refractivity contribution in [3.05, 3.63) is 0 Å². The summed E-state index contributed by atoms with van der Waals surface area (Å²) in [5, 5.41) is 0. The van der Waals surface area contributed by atoms with Crippen LogP contribution in [0.15, 0.2) is 0 Å². The zero-order chi connectivity index (χ0) is 17.7. The number of rotatable bonds is 18. The van der Waals surface area contributed by atoms with Crippen molar-refractivity contribution in [2.75, 3.05) is 18.8 Å². The fraction of sp³-hybridized carbons (Fsp3) is 1.00. The third-order valence-electron chi connectivity index (χ3n) is 4.60. The molecule has 24 heavy (non-hydrogen) atoms. The Labute approximate surface area is 157 Å². The van der Waals surface area contributed by atoms with E-state index in [-0.39, 0.29) is 10.1 Å². The van der Waals surface area contributed by atoms with E-state index in [4.69, 9.17) is 5.73 Å². The molecule has 0 amide bonds. The van der Waals surface area contributed by atoms with E-state index in [1.165, 1.54) is 108 Å². The van der Waals surface area contributed by atoms with Crippen molar-refractivity contribution in [3.8, 4) is 0 Å². The predicted octanol–water partition coefficient (Wildman–Crippen LogP) is 6.66. The Morgan fingerprint density at radius 2 is 1.04 bits per heavy atom. The molecule has 4 heteroatoms. The topological polar surface area (TPSA) is 38.0 Å². The Kier molecular flexibility index (Phi) is 22.4. The molecule has 0 radical (unpaired) electrons. The molecule has 0 atom stereocenters. The van der Waals surface area contributed by atoms with E-state index in [0.29, 0.717) is 6.54 Å². The summed E-state index contributed by atoms with van der Waals surface area (Å²) in [4.78, 5) is 0. The van der Waals surface area contributed by atoms with E-state index in [0.717, 1.165) is 6.54 Å². The number of hydrogen-bond donors (Lipinski definition) is 2. The van der Waals surface area contributed by atoms with E-state index in [1.54, 1.807) is 0 Å². The minimum atomic E-state index is 0.0771. The van der Waals surface area contributed by atoms with Crippen molar-refractivity contribution >= 4 is 17.9 Å². The first-order chi connectivity index (χ1) is 11.8. The molecule has 2 nitrogen and oxygen atoms in total. The number of nitrogens with one attached hydrogen (secondary N) is 1. The fourth-order valence-corrected chi connectivity index (χ4v) is 4.67. The molecular formula is C20H44N2PS-. The average molecular weight is 376 g/mol. The first-order valence-corrected chi connectivity index (χ1v) is 13.1. The van der Waals surface area contributed by atoms with Crippen molar-refractivity contribution < 1.29 is 0 Å². The standard InChI is InChI=1S/C20H44N2PS/c1-2-3-4-5-6-7-8-9-10-11-12-13-14-15-16-17-20-24(23)22-19-18-21/h22H,2-21H2,1H3/q-1. The first-order valence-electron chi connectivity index (χ1n) is 10.6. The van der Waals surface area contributed by atoms with Crippen molar-refractivity contribution in [2.45, 2.75) is 110 Å². The third-order valence-corrected chi connectivity index (χ3v) is 6.75. The van der Waals surface area contributed by atoms with Crippen LogP contribution in [0.2, 0.25) is 0 Å². The van der Waals surface area contributed by atoms with Crippen LogP contribution in [-0.2, 0) is 10.1 Å². The quantitative estimate of drug-likeness (QED) is 0.160. The van der Waals surface area contributed by atoms with Crippen molar-refractivity contribution in [1.29, 1.82) is 0 Å². The van der Waals surface area contributed by atoms with Crippen LogP contribution in [0.5, 0.6) is 0 Å². The zero-order valence-electron chi connectivity index (χ0n) is 16.4. The zero-order valence-corrected chi connectivity index (χ0v) is 18.1. The molecule has 0 rings (SSSR count). The van der Waals surface area contributed by atoms with Crippen LogP contribution in [0.3, 0.4) is 0 Å². The normalized spacial score (nSPS) is 11.4. The van der Waals surface area contributed by atoms with E-state index < -0.39 is 0 Å². The summed E-state index contributed by atoms with van der Waals surface area (Å²) in [5.74, 6) is 1.20. The maximum atomic E-state index is 5.48. The Balaban J connectivity index is 3.04. The Morgan fingerprint density at radius 3 is 1.42 bits per heavy atom. The molecule has 0 spiro atoms. The summed E-state index contributed by atoms with van der Waals surface area (Å²) < 4.78 is 3.35. The van der Waals surface area contributed by atoms with Crippen LogP contribution in [0.25, 0.3) is 0 Å². The molecule has 0 fully saturated rings. The van der Waals surface area contributed by atoms with Gasteiger partial charge in [0.25, 0.3) is 0 Å². The Bertz CT molecular complexity index is 302. The summed E-state index contributed by atoms with van der Waals surface area (Å²) >= 11 is 0. The summed E-state index contributed by atoms with van der Waals surface area (Å²) in [6.45, 7) is 3.90. The molecule has 0 aliphatic heterocycles. The van der Waals surface area contributed by atoms with Crippen LogP contribution in [0.4, 0.5) is 0 Å². The molecule has 0 aromatic carbocycles. The van der Waals surface area contributed by atoms with Gasteiger partial charge in [-0.25, -0.2) is 0 Å². The second-order valence-corrected chi connectivity index (χ2v) is 9.80. The van der Waals surface area contributed by atoms with E-state index in [9.17, 15) is 0 Å². The molecule has 146 valence electrons. The molecule has 0 aromatic heterocycles. The molecule has 0 aliphatic carbocycles. The maximum absolute atomic E-state index is 5.48. The summed E-state index contributed by atoms with van der Waals surface area (Å²) in [6.07, 6.45) is 22.9. The summed E-state index contributed by atoms with van der Waals surface area (Å²) in [6, 6.07) is 0. The summed E-state index contributed by atoms with van der Waals surface area (Å²) in [7, 11) is 4.63. The number of nitrogens with two attached hydrogens (primary N) is 1. The molecule has 0 unspecified atom stereocenters. The van der Waals surface area contributed by atoms with Gasteiger partial charge in [0, 0.05) is 0 Å². The van der Waals surface area contributed by atoms with Gasteiger partial charge in [-0.1, -0.05) is 45.4 Å². The van der Waals surface area contributed by atoms with Crippen LogP contribution in [0.1, 0.15) is 110 Å². The van der Waals surface area contributed by atoms with E-state index in [2.05, 4.69) is 19.5 Å². The van der Waals surface area contributed by atoms with Gasteiger partial charge in [0.2, 0.25) is 0 Å². The molecule has 0 saturated carbocycles. The molecule has 0 heterocycles. The molecule has 0 aromatic rings. The molecule has 0 saturated heterocycles. The predicted molar refractivity (Wildman–Crippen MR) is 116 cm³/mol. The monoisotopic (exact) mass is 375 g/mol. The van der Waals surface area contributed by atoms with Crippen molar-refractivity contribution in [2.24, 2.45) is 5.73 Å². The van der Waals surface area contributed by atoms with Gasteiger partial charge >= 0.3 is 111 Å². The van der Waals surface area contributed by atoms with Gasteiger partial charge in [-0.3, -0.25) is 0 Å². The van der Waals surface area contributed by atoms with Gasteiger partial charge in [0.05, 0.1) is 0 Å². The second-order valence-electron chi connectivity index (χ2n) is 7.06. The SMILES string of the molecule is CCCCCCCCCCCCCCCCCC[S-](#P)NCCN. The first kappa shape index (κ1) is 24.7. The number of unbranched alkanes of at least 4 members (excludes halogenated alkanes) is 15. The van der Waals surface area contributed by atoms with Gasteiger partial charge in [-0.05, 0) is 0 Å². The van der Waals surface area contributed by atoms with Gasteiger partial charge in [-0.15, -0.1) is 0 Å². The van der Waals surface area contributed by atoms with Crippen molar-refractivity contribution in [3.63, 3.8) is 0 Å². The third kappa shape index (κ3) is 20.7. The minimum absolute atomic E-state index is 0.0771. The van der Waals surface area contributed by atoms with Crippen LogP contribution < -0.4 is 10.5 Å². The van der Waals surface area contributed by atoms with E-state index >= 15 is 0 Å². The van der Waals surface area contributed by atoms with Gasteiger partial charge in [-0.2, -0.15) is 0 Å².